The summed E-state index contributed by atoms with van der Waals surface area (Å²) in [5.41, 5.74) is 1.28. The smallest absolute Gasteiger partial charge is 0.250 e. The van der Waals surface area contributed by atoms with E-state index in [0.717, 1.165) is 24.5 Å². The van der Waals surface area contributed by atoms with E-state index in [9.17, 15) is 0 Å². The number of hydrogen-bond acceptors (Lipinski definition) is 2. The van der Waals surface area contributed by atoms with Crippen molar-refractivity contribution in [2.75, 3.05) is 6.61 Å². The first-order valence-electron chi connectivity index (χ1n) is 6.24. The first-order valence-corrected chi connectivity index (χ1v) is 9.15. The summed E-state index contributed by atoms with van der Waals surface area (Å²) in [6, 6.07) is 6.21. The molecule has 0 saturated heterocycles. The lowest BCUT2D eigenvalue weighted by Crippen LogP contribution is -2.43. The van der Waals surface area contributed by atoms with Crippen molar-refractivity contribution in [1.82, 2.24) is 0 Å². The van der Waals surface area contributed by atoms with Crippen molar-refractivity contribution < 1.29 is 9.16 Å². The summed E-state index contributed by atoms with van der Waals surface area (Å²) in [4.78, 5) is 0. The molecule has 0 fully saturated rings. The van der Waals surface area contributed by atoms with E-state index in [1.807, 2.05) is 12.1 Å². The Morgan fingerprint density at radius 1 is 1.24 bits per heavy atom. The Kier molecular flexibility index (Phi) is 2.98. The zero-order chi connectivity index (χ0) is 12.7. The van der Waals surface area contributed by atoms with E-state index in [1.165, 1.54) is 5.56 Å². The Labute approximate surface area is 105 Å². The normalized spacial score (nSPS) is 15.4. The summed E-state index contributed by atoms with van der Waals surface area (Å²) in [5, 5.41) is 0.239. The van der Waals surface area contributed by atoms with Crippen molar-refractivity contribution >= 4 is 8.32 Å². The average Bonchev–Trinajstić information content (AvgIpc) is 2.62. The first-order chi connectivity index (χ1) is 7.79. The zero-order valence-electron chi connectivity index (χ0n) is 11.5. The highest BCUT2D eigenvalue weighted by Crippen LogP contribution is 2.38. The number of hydrogen-bond donors (Lipinski definition) is 0. The summed E-state index contributed by atoms with van der Waals surface area (Å²) in [6.07, 6.45) is 1.00. The van der Waals surface area contributed by atoms with Gasteiger partial charge in [0, 0.05) is 12.0 Å². The number of ether oxygens (including phenoxy) is 1. The summed E-state index contributed by atoms with van der Waals surface area (Å²) >= 11 is 0. The lowest BCUT2D eigenvalue weighted by molar-refractivity contribution is 0.356. The first kappa shape index (κ1) is 12.5. The minimum atomic E-state index is -1.72. The quantitative estimate of drug-likeness (QED) is 0.738. The fourth-order valence-corrected chi connectivity index (χ4v) is 2.70. The van der Waals surface area contributed by atoms with Gasteiger partial charge in [-0.05, 0) is 36.3 Å². The van der Waals surface area contributed by atoms with E-state index in [1.54, 1.807) is 0 Å². The molecule has 0 amide bonds. The maximum absolute atomic E-state index is 6.27. The predicted molar refractivity (Wildman–Crippen MR) is 73.5 cm³/mol. The highest BCUT2D eigenvalue weighted by molar-refractivity contribution is 6.74. The third kappa shape index (κ3) is 2.49. The molecule has 0 bridgehead atoms. The molecular weight excluding hydrogens is 228 g/mol. The van der Waals surface area contributed by atoms with E-state index in [0.29, 0.717) is 0 Å². The molecule has 94 valence electrons. The second-order valence-electron chi connectivity index (χ2n) is 6.23. The molecule has 0 aromatic heterocycles. The Morgan fingerprint density at radius 2 is 1.94 bits per heavy atom. The van der Waals surface area contributed by atoms with E-state index in [4.69, 9.17) is 9.16 Å². The molecule has 0 spiro atoms. The molecular formula is C14H22O2Si. The molecule has 3 heteroatoms. The van der Waals surface area contributed by atoms with Crippen LogP contribution in [-0.2, 0) is 6.42 Å². The van der Waals surface area contributed by atoms with Gasteiger partial charge in [-0.1, -0.05) is 20.8 Å². The summed E-state index contributed by atoms with van der Waals surface area (Å²) in [7, 11) is -1.72. The van der Waals surface area contributed by atoms with Gasteiger partial charge in [0.05, 0.1) is 6.61 Å². The van der Waals surface area contributed by atoms with Crippen molar-refractivity contribution in [1.29, 1.82) is 0 Å². The fourth-order valence-electron chi connectivity index (χ4n) is 1.67. The van der Waals surface area contributed by atoms with Crippen LogP contribution in [-0.4, -0.2) is 14.9 Å². The second kappa shape index (κ2) is 4.05. The van der Waals surface area contributed by atoms with Crippen LogP contribution in [0.5, 0.6) is 11.5 Å². The van der Waals surface area contributed by atoms with Gasteiger partial charge < -0.3 is 9.16 Å². The van der Waals surface area contributed by atoms with Gasteiger partial charge in [-0.15, -0.1) is 0 Å². The summed E-state index contributed by atoms with van der Waals surface area (Å²) in [5.74, 6) is 2.02. The standard InChI is InChI=1S/C14H22O2Si/c1-14(2,3)17(4,5)16-12-6-7-13-11(10-12)8-9-15-13/h6-7,10H,8-9H2,1-5H3. The third-order valence-corrected chi connectivity index (χ3v) is 8.20. The lowest BCUT2D eigenvalue weighted by atomic mass is 10.2. The van der Waals surface area contributed by atoms with E-state index in [-0.39, 0.29) is 5.04 Å². The van der Waals surface area contributed by atoms with Crippen LogP contribution in [0.1, 0.15) is 26.3 Å². The highest BCUT2D eigenvalue weighted by atomic mass is 28.4. The molecule has 2 rings (SSSR count). The monoisotopic (exact) mass is 250 g/mol. The molecule has 0 saturated carbocycles. The number of benzene rings is 1. The minimum Gasteiger partial charge on any atom is -0.543 e. The van der Waals surface area contributed by atoms with Gasteiger partial charge in [-0.2, -0.15) is 0 Å². The molecule has 1 aliphatic heterocycles. The van der Waals surface area contributed by atoms with Crippen LogP contribution in [0.15, 0.2) is 18.2 Å². The molecule has 0 N–H and O–H groups in total. The van der Waals surface area contributed by atoms with Crippen LogP contribution in [0.3, 0.4) is 0 Å². The van der Waals surface area contributed by atoms with E-state index >= 15 is 0 Å². The zero-order valence-corrected chi connectivity index (χ0v) is 12.5. The van der Waals surface area contributed by atoms with Crippen molar-refractivity contribution in [3.05, 3.63) is 23.8 Å². The second-order valence-corrected chi connectivity index (χ2v) is 11.0. The lowest BCUT2D eigenvalue weighted by Gasteiger charge is -2.36. The molecule has 17 heavy (non-hydrogen) atoms. The third-order valence-electron chi connectivity index (χ3n) is 3.84. The molecule has 1 heterocycles. The van der Waals surface area contributed by atoms with Crippen molar-refractivity contribution in [2.45, 2.75) is 45.3 Å². The Hall–Kier alpha value is -0.963. The van der Waals surface area contributed by atoms with Crippen LogP contribution in [0.4, 0.5) is 0 Å². The van der Waals surface area contributed by atoms with Gasteiger partial charge in [-0.25, -0.2) is 0 Å². The van der Waals surface area contributed by atoms with Crippen molar-refractivity contribution in [3.63, 3.8) is 0 Å². The maximum Gasteiger partial charge on any atom is 0.250 e. The van der Waals surface area contributed by atoms with Crippen LogP contribution >= 0.6 is 0 Å². The van der Waals surface area contributed by atoms with Crippen LogP contribution in [0.25, 0.3) is 0 Å². The molecule has 2 nitrogen and oxygen atoms in total. The van der Waals surface area contributed by atoms with Crippen LogP contribution in [0.2, 0.25) is 18.1 Å². The highest BCUT2D eigenvalue weighted by Gasteiger charge is 2.39. The number of fused-ring (bicyclic) bond motifs is 1. The Bertz CT molecular complexity index is 419. The van der Waals surface area contributed by atoms with Crippen LogP contribution in [0, 0.1) is 0 Å². The average molecular weight is 250 g/mol. The van der Waals surface area contributed by atoms with Crippen molar-refractivity contribution in [3.8, 4) is 11.5 Å². The molecule has 0 atom stereocenters. The Morgan fingerprint density at radius 3 is 2.59 bits per heavy atom. The predicted octanol–water partition coefficient (Wildman–Crippen LogP) is 4.01. The van der Waals surface area contributed by atoms with E-state index in [2.05, 4.69) is 39.9 Å². The van der Waals surface area contributed by atoms with Gasteiger partial charge in [-0.3, -0.25) is 0 Å². The van der Waals surface area contributed by atoms with Crippen LogP contribution < -0.4 is 9.16 Å². The summed E-state index contributed by atoms with van der Waals surface area (Å²) in [6.45, 7) is 12.1. The molecule has 0 aliphatic carbocycles. The van der Waals surface area contributed by atoms with Gasteiger partial charge in [0.1, 0.15) is 11.5 Å². The molecule has 0 unspecified atom stereocenters. The van der Waals surface area contributed by atoms with Gasteiger partial charge in [0.25, 0.3) is 0 Å². The van der Waals surface area contributed by atoms with Crippen molar-refractivity contribution in [2.24, 2.45) is 0 Å². The number of rotatable bonds is 2. The maximum atomic E-state index is 6.27. The SMILES string of the molecule is CC(C)(C)[Si](C)(C)Oc1ccc2c(c1)CCO2. The van der Waals surface area contributed by atoms with E-state index < -0.39 is 8.32 Å². The van der Waals surface area contributed by atoms with Gasteiger partial charge >= 0.3 is 0 Å². The fraction of sp³-hybridized carbons (Fsp3) is 0.571. The minimum absolute atomic E-state index is 0.239. The van der Waals surface area contributed by atoms with Gasteiger partial charge in [0.2, 0.25) is 8.32 Å². The largest absolute Gasteiger partial charge is 0.543 e. The van der Waals surface area contributed by atoms with Gasteiger partial charge in [0.15, 0.2) is 0 Å². The molecule has 1 aromatic carbocycles. The topological polar surface area (TPSA) is 18.5 Å². The molecule has 0 radical (unpaired) electrons. The molecule has 1 aromatic rings. The Balaban J connectivity index is 2.20. The summed E-state index contributed by atoms with van der Waals surface area (Å²) < 4.78 is 11.8. The molecule has 1 aliphatic rings.